The molecule has 8 heteroatoms. The summed E-state index contributed by atoms with van der Waals surface area (Å²) in [5.41, 5.74) is 1.23. The number of pyridine rings is 1. The number of aryl methyl sites for hydroxylation is 1. The first kappa shape index (κ1) is 16.7. The standard InChI is InChI=1S/C18H23N7O/c1-14-9-16-21-22-17(13-26-18-5-3-4-6-19-18)25(16)8-7-24(14)12-15-10-20-23(2)11-15/h3-6,10-11,14H,7-9,12-13H2,1-2H3/t14-/m1/s1. The second-order valence-corrected chi connectivity index (χ2v) is 6.69. The zero-order valence-corrected chi connectivity index (χ0v) is 15.1. The molecule has 0 unspecified atom stereocenters. The molecule has 0 aromatic carbocycles. The summed E-state index contributed by atoms with van der Waals surface area (Å²) >= 11 is 0. The highest BCUT2D eigenvalue weighted by atomic mass is 16.5. The van der Waals surface area contributed by atoms with Crippen molar-refractivity contribution in [2.24, 2.45) is 7.05 Å². The molecular weight excluding hydrogens is 330 g/mol. The number of aromatic nitrogens is 6. The summed E-state index contributed by atoms with van der Waals surface area (Å²) in [6.07, 6.45) is 6.60. The minimum Gasteiger partial charge on any atom is -0.469 e. The largest absolute Gasteiger partial charge is 0.469 e. The van der Waals surface area contributed by atoms with Gasteiger partial charge in [0.1, 0.15) is 12.4 Å². The molecule has 4 rings (SSSR count). The lowest BCUT2D eigenvalue weighted by Crippen LogP contribution is -2.34. The maximum absolute atomic E-state index is 5.75. The van der Waals surface area contributed by atoms with Crippen LogP contribution in [0.15, 0.2) is 36.8 Å². The third kappa shape index (κ3) is 3.60. The fourth-order valence-corrected chi connectivity index (χ4v) is 3.32. The fourth-order valence-electron chi connectivity index (χ4n) is 3.32. The lowest BCUT2D eigenvalue weighted by atomic mass is 10.2. The predicted octanol–water partition coefficient (Wildman–Crippen LogP) is 1.43. The molecule has 0 saturated heterocycles. The van der Waals surface area contributed by atoms with Gasteiger partial charge in [-0.05, 0) is 13.0 Å². The molecule has 1 atom stereocenters. The van der Waals surface area contributed by atoms with Crippen LogP contribution in [0.4, 0.5) is 0 Å². The molecule has 3 aromatic rings. The summed E-state index contributed by atoms with van der Waals surface area (Å²) in [6, 6.07) is 6.02. The van der Waals surface area contributed by atoms with Gasteiger partial charge in [0.2, 0.25) is 5.88 Å². The van der Waals surface area contributed by atoms with E-state index in [1.807, 2.05) is 36.1 Å². The molecule has 8 nitrogen and oxygen atoms in total. The van der Waals surface area contributed by atoms with E-state index < -0.39 is 0 Å². The van der Waals surface area contributed by atoms with Crippen LogP contribution >= 0.6 is 0 Å². The fraction of sp³-hybridized carbons (Fsp3) is 0.444. The summed E-state index contributed by atoms with van der Waals surface area (Å²) < 4.78 is 9.78. The number of hydrogen-bond donors (Lipinski definition) is 0. The second-order valence-electron chi connectivity index (χ2n) is 6.69. The molecule has 0 fully saturated rings. The van der Waals surface area contributed by atoms with E-state index >= 15 is 0 Å². The Balaban J connectivity index is 1.44. The van der Waals surface area contributed by atoms with Gasteiger partial charge in [0.05, 0.1) is 6.20 Å². The minimum atomic E-state index is 0.376. The number of fused-ring (bicyclic) bond motifs is 1. The van der Waals surface area contributed by atoms with Gasteiger partial charge in [-0.3, -0.25) is 9.58 Å². The van der Waals surface area contributed by atoms with Crippen LogP contribution in [0.1, 0.15) is 24.1 Å². The second kappa shape index (κ2) is 7.25. The minimum absolute atomic E-state index is 0.376. The van der Waals surface area contributed by atoms with E-state index in [0.717, 1.165) is 37.7 Å². The van der Waals surface area contributed by atoms with Crippen LogP contribution in [0.2, 0.25) is 0 Å². The summed E-state index contributed by atoms with van der Waals surface area (Å²) in [4.78, 5) is 6.65. The molecule has 0 N–H and O–H groups in total. The van der Waals surface area contributed by atoms with E-state index in [2.05, 4.69) is 42.9 Å². The number of rotatable bonds is 5. The summed E-state index contributed by atoms with van der Waals surface area (Å²) in [6.45, 7) is 5.31. The van der Waals surface area contributed by atoms with Crippen molar-refractivity contribution in [2.45, 2.75) is 39.1 Å². The summed E-state index contributed by atoms with van der Waals surface area (Å²) in [7, 11) is 1.95. The zero-order valence-electron chi connectivity index (χ0n) is 15.1. The molecule has 0 radical (unpaired) electrons. The third-order valence-corrected chi connectivity index (χ3v) is 4.75. The van der Waals surface area contributed by atoms with Crippen molar-refractivity contribution < 1.29 is 4.74 Å². The Hall–Kier alpha value is -2.74. The highest BCUT2D eigenvalue weighted by molar-refractivity contribution is 5.10. The third-order valence-electron chi connectivity index (χ3n) is 4.75. The van der Waals surface area contributed by atoms with Crippen LogP contribution in [0.3, 0.4) is 0 Å². The van der Waals surface area contributed by atoms with Crippen LogP contribution in [0, 0.1) is 0 Å². The van der Waals surface area contributed by atoms with Crippen molar-refractivity contribution in [3.8, 4) is 5.88 Å². The van der Waals surface area contributed by atoms with E-state index in [1.54, 1.807) is 6.20 Å². The number of ether oxygens (including phenoxy) is 1. The highest BCUT2D eigenvalue weighted by Crippen LogP contribution is 2.18. The summed E-state index contributed by atoms with van der Waals surface area (Å²) in [5.74, 6) is 2.47. The molecule has 0 spiro atoms. The Bertz CT molecular complexity index is 858. The zero-order chi connectivity index (χ0) is 17.9. The molecule has 0 saturated carbocycles. The topological polar surface area (TPSA) is 73.9 Å². The predicted molar refractivity (Wildman–Crippen MR) is 95.4 cm³/mol. The van der Waals surface area contributed by atoms with Gasteiger partial charge < -0.3 is 9.30 Å². The van der Waals surface area contributed by atoms with E-state index in [-0.39, 0.29) is 0 Å². The quantitative estimate of drug-likeness (QED) is 0.691. The molecule has 0 bridgehead atoms. The maximum atomic E-state index is 5.75. The van der Waals surface area contributed by atoms with Gasteiger partial charge in [0.15, 0.2) is 5.82 Å². The molecule has 4 heterocycles. The maximum Gasteiger partial charge on any atom is 0.213 e. The monoisotopic (exact) mass is 353 g/mol. The Morgan fingerprint density at radius 2 is 2.15 bits per heavy atom. The van der Waals surface area contributed by atoms with Gasteiger partial charge >= 0.3 is 0 Å². The molecule has 0 aliphatic carbocycles. The first-order valence-electron chi connectivity index (χ1n) is 8.85. The van der Waals surface area contributed by atoms with Crippen molar-refractivity contribution in [1.29, 1.82) is 0 Å². The van der Waals surface area contributed by atoms with Crippen molar-refractivity contribution in [1.82, 2.24) is 34.4 Å². The van der Waals surface area contributed by atoms with E-state index in [0.29, 0.717) is 18.5 Å². The number of nitrogens with zero attached hydrogens (tertiary/aromatic N) is 7. The smallest absolute Gasteiger partial charge is 0.213 e. The Morgan fingerprint density at radius 3 is 2.92 bits per heavy atom. The molecule has 1 aliphatic rings. The first-order chi connectivity index (χ1) is 12.7. The van der Waals surface area contributed by atoms with E-state index in [4.69, 9.17) is 4.74 Å². The average molecular weight is 353 g/mol. The Kier molecular flexibility index (Phi) is 4.66. The lowest BCUT2D eigenvalue weighted by molar-refractivity contribution is 0.201. The van der Waals surface area contributed by atoms with Crippen molar-refractivity contribution in [3.05, 3.63) is 54.0 Å². The molecule has 26 heavy (non-hydrogen) atoms. The Labute approximate surface area is 152 Å². The molecule has 0 amide bonds. The normalized spacial score (nSPS) is 17.7. The van der Waals surface area contributed by atoms with Gasteiger partial charge in [0.25, 0.3) is 0 Å². The van der Waals surface area contributed by atoms with Crippen LogP contribution < -0.4 is 4.74 Å². The van der Waals surface area contributed by atoms with Gasteiger partial charge in [0, 0.05) is 63.2 Å². The van der Waals surface area contributed by atoms with Gasteiger partial charge in [-0.2, -0.15) is 5.10 Å². The van der Waals surface area contributed by atoms with Gasteiger partial charge in [-0.25, -0.2) is 4.98 Å². The van der Waals surface area contributed by atoms with Gasteiger partial charge in [-0.1, -0.05) is 6.07 Å². The molecule has 1 aliphatic heterocycles. The molecule has 136 valence electrons. The number of hydrogen-bond acceptors (Lipinski definition) is 6. The molecular formula is C18H23N7O. The van der Waals surface area contributed by atoms with Crippen LogP contribution in [0.25, 0.3) is 0 Å². The van der Waals surface area contributed by atoms with Crippen molar-refractivity contribution in [2.75, 3.05) is 6.54 Å². The van der Waals surface area contributed by atoms with E-state index in [1.165, 1.54) is 5.56 Å². The van der Waals surface area contributed by atoms with E-state index in [9.17, 15) is 0 Å². The van der Waals surface area contributed by atoms with Crippen LogP contribution in [-0.2, 0) is 33.2 Å². The highest BCUT2D eigenvalue weighted by Gasteiger charge is 2.24. The first-order valence-corrected chi connectivity index (χ1v) is 8.85. The average Bonchev–Trinajstić information content (AvgIpc) is 3.19. The Morgan fingerprint density at radius 1 is 1.23 bits per heavy atom. The van der Waals surface area contributed by atoms with Crippen molar-refractivity contribution in [3.63, 3.8) is 0 Å². The van der Waals surface area contributed by atoms with Crippen LogP contribution in [-0.4, -0.2) is 47.0 Å². The summed E-state index contributed by atoms with van der Waals surface area (Å²) in [5, 5.41) is 13.0. The SMILES string of the molecule is C[C@@H]1Cc2nnc(COc3ccccn3)n2CCN1Cc1cnn(C)c1. The van der Waals surface area contributed by atoms with Crippen molar-refractivity contribution >= 4 is 0 Å². The molecule has 3 aromatic heterocycles. The lowest BCUT2D eigenvalue weighted by Gasteiger charge is -2.25. The van der Waals surface area contributed by atoms with Gasteiger partial charge in [-0.15, -0.1) is 10.2 Å². The van der Waals surface area contributed by atoms with Crippen LogP contribution in [0.5, 0.6) is 5.88 Å².